The number of amides is 1. The Kier molecular flexibility index (Phi) is 2.86. The highest BCUT2D eigenvalue weighted by molar-refractivity contribution is 5.68. The van der Waals surface area contributed by atoms with Crippen molar-refractivity contribution in [1.82, 2.24) is 10.5 Å². The summed E-state index contributed by atoms with van der Waals surface area (Å²) in [5.74, 6) is 0. The first-order chi connectivity index (χ1) is 8.49. The van der Waals surface area contributed by atoms with E-state index >= 15 is 0 Å². The molecule has 1 heterocycles. The summed E-state index contributed by atoms with van der Waals surface area (Å²) in [5, 5.41) is 21.7. The molecule has 0 aliphatic carbocycles. The fourth-order valence-electron chi connectivity index (χ4n) is 1.54. The smallest absolute Gasteiger partial charge is 0.427 e. The molecule has 2 rings (SSSR count). The summed E-state index contributed by atoms with van der Waals surface area (Å²) < 4.78 is 0. The highest BCUT2D eigenvalue weighted by Gasteiger charge is 2.23. The Morgan fingerprint density at radius 1 is 1.39 bits per heavy atom. The molecule has 0 radical (unpaired) electrons. The second-order valence-corrected chi connectivity index (χ2v) is 3.63. The fourth-order valence-corrected chi connectivity index (χ4v) is 1.54. The Hall–Kier alpha value is -2.61. The third-order valence-electron chi connectivity index (χ3n) is 2.40. The van der Waals surface area contributed by atoms with E-state index in [2.05, 4.69) is 5.53 Å². The number of benzene rings is 1. The van der Waals surface area contributed by atoms with Crippen molar-refractivity contribution in [2.75, 3.05) is 5.01 Å². The Labute approximate surface area is 102 Å². The average molecular weight is 250 g/mol. The van der Waals surface area contributed by atoms with Gasteiger partial charge in [0.1, 0.15) is 0 Å². The molecule has 0 atom stereocenters. The van der Waals surface area contributed by atoms with Crippen LogP contribution in [0.5, 0.6) is 0 Å². The molecule has 0 fully saturated rings. The number of nitrogens with one attached hydrogen (secondary N) is 1. The van der Waals surface area contributed by atoms with Gasteiger partial charge in [0.15, 0.2) is 0 Å². The maximum atomic E-state index is 10.8. The summed E-state index contributed by atoms with van der Waals surface area (Å²) in [6.45, 7) is 1.72. The minimum Gasteiger partial charge on any atom is -0.464 e. The van der Waals surface area contributed by atoms with Crippen molar-refractivity contribution in [3.63, 3.8) is 0 Å². The van der Waals surface area contributed by atoms with Crippen molar-refractivity contribution in [1.29, 1.82) is 0 Å². The molecule has 8 heteroatoms. The summed E-state index contributed by atoms with van der Waals surface area (Å²) in [6, 6.07) is 5.78. The van der Waals surface area contributed by atoms with E-state index in [9.17, 15) is 14.9 Å². The van der Waals surface area contributed by atoms with Gasteiger partial charge in [0.25, 0.3) is 5.69 Å². The first kappa shape index (κ1) is 11.9. The SMILES string of the molecule is CC1=CN(C(=O)O)NN1c1ccc([N+](=O)[O-])cc1. The zero-order chi connectivity index (χ0) is 13.3. The lowest BCUT2D eigenvalue weighted by Gasteiger charge is -2.21. The normalized spacial score (nSPS) is 14.6. The standard InChI is InChI=1S/C10H10N4O4/c1-7-6-12(10(15)16)11-13(7)8-2-4-9(5-3-8)14(17)18/h2-6,11H,1H3,(H,15,16). The van der Waals surface area contributed by atoms with Gasteiger partial charge in [-0.25, -0.2) is 4.79 Å². The monoisotopic (exact) mass is 250 g/mol. The van der Waals surface area contributed by atoms with Gasteiger partial charge >= 0.3 is 6.09 Å². The van der Waals surface area contributed by atoms with Gasteiger partial charge in [0.05, 0.1) is 22.5 Å². The quantitative estimate of drug-likeness (QED) is 0.612. The van der Waals surface area contributed by atoms with E-state index in [1.807, 2.05) is 0 Å². The number of nitro benzene ring substituents is 1. The Morgan fingerprint density at radius 2 is 2.00 bits per heavy atom. The molecule has 1 aliphatic rings. The van der Waals surface area contributed by atoms with Crippen molar-refractivity contribution in [2.45, 2.75) is 6.92 Å². The molecule has 1 aromatic rings. The van der Waals surface area contributed by atoms with Crippen molar-refractivity contribution >= 4 is 17.5 Å². The number of non-ortho nitro benzene ring substituents is 1. The second kappa shape index (κ2) is 4.34. The summed E-state index contributed by atoms with van der Waals surface area (Å²) in [5.41, 5.74) is 3.86. The van der Waals surface area contributed by atoms with Crippen LogP contribution in [-0.2, 0) is 0 Å². The Balaban J connectivity index is 2.21. The molecule has 0 aromatic heterocycles. The van der Waals surface area contributed by atoms with E-state index in [-0.39, 0.29) is 5.69 Å². The number of carboxylic acid groups (broad SMARTS) is 1. The summed E-state index contributed by atoms with van der Waals surface area (Å²) in [6.07, 6.45) is 0.266. The van der Waals surface area contributed by atoms with E-state index in [0.29, 0.717) is 11.4 Å². The molecule has 0 bridgehead atoms. The lowest BCUT2D eigenvalue weighted by Crippen LogP contribution is -2.42. The van der Waals surface area contributed by atoms with Crippen molar-refractivity contribution in [3.8, 4) is 0 Å². The van der Waals surface area contributed by atoms with Crippen LogP contribution >= 0.6 is 0 Å². The van der Waals surface area contributed by atoms with Gasteiger partial charge in [0, 0.05) is 12.1 Å². The molecule has 2 N–H and O–H groups in total. The van der Waals surface area contributed by atoms with Gasteiger partial charge in [-0.05, 0) is 19.1 Å². The van der Waals surface area contributed by atoms with Crippen molar-refractivity contribution < 1.29 is 14.8 Å². The highest BCUT2D eigenvalue weighted by atomic mass is 16.6. The zero-order valence-corrected chi connectivity index (χ0v) is 9.40. The molecule has 94 valence electrons. The molecule has 0 spiro atoms. The lowest BCUT2D eigenvalue weighted by atomic mass is 10.2. The molecule has 1 aliphatic heterocycles. The summed E-state index contributed by atoms with van der Waals surface area (Å²) in [4.78, 5) is 20.8. The Morgan fingerprint density at radius 3 is 2.44 bits per heavy atom. The third-order valence-corrected chi connectivity index (χ3v) is 2.40. The van der Waals surface area contributed by atoms with E-state index < -0.39 is 11.0 Å². The fraction of sp³-hybridized carbons (Fsp3) is 0.100. The molecule has 0 unspecified atom stereocenters. The molecule has 8 nitrogen and oxygen atoms in total. The Bertz CT molecular complexity index is 525. The van der Waals surface area contributed by atoms with Crippen LogP contribution in [0.3, 0.4) is 0 Å². The van der Waals surface area contributed by atoms with Crippen LogP contribution in [0, 0.1) is 10.1 Å². The number of carbonyl (C=O) groups is 1. The molecular formula is C10H10N4O4. The predicted molar refractivity (Wildman–Crippen MR) is 62.3 cm³/mol. The highest BCUT2D eigenvalue weighted by Crippen LogP contribution is 2.23. The second-order valence-electron chi connectivity index (χ2n) is 3.63. The van der Waals surface area contributed by atoms with E-state index in [1.54, 1.807) is 6.92 Å². The van der Waals surface area contributed by atoms with Gasteiger partial charge in [-0.2, -0.15) is 5.01 Å². The summed E-state index contributed by atoms with van der Waals surface area (Å²) >= 11 is 0. The number of nitrogens with zero attached hydrogens (tertiary/aromatic N) is 3. The largest absolute Gasteiger partial charge is 0.464 e. The predicted octanol–water partition coefficient (Wildman–Crippen LogP) is 1.68. The number of nitro groups is 1. The van der Waals surface area contributed by atoms with Crippen molar-refractivity contribution in [3.05, 3.63) is 46.3 Å². The van der Waals surface area contributed by atoms with E-state index in [1.165, 1.54) is 35.5 Å². The third kappa shape index (κ3) is 2.09. The number of allylic oxidation sites excluding steroid dienone is 1. The van der Waals surface area contributed by atoms with Crippen LogP contribution in [0.15, 0.2) is 36.2 Å². The lowest BCUT2D eigenvalue weighted by molar-refractivity contribution is -0.384. The molecule has 0 saturated carbocycles. The van der Waals surface area contributed by atoms with Crippen LogP contribution in [0.1, 0.15) is 6.92 Å². The number of anilines is 1. The molecular weight excluding hydrogens is 240 g/mol. The van der Waals surface area contributed by atoms with Crippen LogP contribution in [-0.4, -0.2) is 21.1 Å². The average Bonchev–Trinajstić information content (AvgIpc) is 2.71. The number of hydrogen-bond acceptors (Lipinski definition) is 5. The van der Waals surface area contributed by atoms with E-state index in [4.69, 9.17) is 5.11 Å². The maximum absolute atomic E-state index is 10.8. The maximum Gasteiger partial charge on any atom is 0.427 e. The molecule has 1 amide bonds. The first-order valence-electron chi connectivity index (χ1n) is 5.00. The van der Waals surface area contributed by atoms with Gasteiger partial charge in [-0.1, -0.05) is 0 Å². The number of hydrogen-bond donors (Lipinski definition) is 2. The van der Waals surface area contributed by atoms with Crippen molar-refractivity contribution in [2.24, 2.45) is 0 Å². The molecule has 0 saturated heterocycles. The minimum absolute atomic E-state index is 0.0188. The van der Waals surface area contributed by atoms with Gasteiger partial charge in [-0.15, -0.1) is 5.53 Å². The topological polar surface area (TPSA) is 99.0 Å². The van der Waals surface area contributed by atoms with E-state index in [0.717, 1.165) is 5.01 Å². The van der Waals surface area contributed by atoms with Crippen LogP contribution in [0.4, 0.5) is 16.2 Å². The number of rotatable bonds is 2. The first-order valence-corrected chi connectivity index (χ1v) is 5.00. The van der Waals surface area contributed by atoms with Crippen LogP contribution in [0.25, 0.3) is 0 Å². The number of hydrazine groups is 2. The summed E-state index contributed by atoms with van der Waals surface area (Å²) in [7, 11) is 0. The van der Waals surface area contributed by atoms with Crippen LogP contribution < -0.4 is 10.5 Å². The molecule has 18 heavy (non-hydrogen) atoms. The minimum atomic E-state index is -1.14. The van der Waals surface area contributed by atoms with Gasteiger partial charge in [-0.3, -0.25) is 15.1 Å². The molecule has 1 aromatic carbocycles. The van der Waals surface area contributed by atoms with Gasteiger partial charge in [0.2, 0.25) is 0 Å². The van der Waals surface area contributed by atoms with Crippen LogP contribution in [0.2, 0.25) is 0 Å². The zero-order valence-electron chi connectivity index (χ0n) is 9.40. The van der Waals surface area contributed by atoms with Gasteiger partial charge < -0.3 is 5.11 Å².